The van der Waals surface area contributed by atoms with Gasteiger partial charge in [-0.3, -0.25) is 13.8 Å². The molecule has 0 fully saturated rings. The van der Waals surface area contributed by atoms with Gasteiger partial charge in [0.2, 0.25) is 0 Å². The zero-order valence-electron chi connectivity index (χ0n) is 36.7. The van der Waals surface area contributed by atoms with Gasteiger partial charge in [0, 0.05) is 19.6 Å². The van der Waals surface area contributed by atoms with E-state index in [2.05, 4.69) is 13.8 Å². The van der Waals surface area contributed by atoms with Crippen molar-refractivity contribution in [1.29, 1.82) is 0 Å². The van der Waals surface area contributed by atoms with Crippen LogP contribution >= 0.6 is 7.82 Å². The molecule has 55 heavy (non-hydrogen) atoms. The third kappa shape index (κ3) is 44.4. The average Bonchev–Trinajstić information content (AvgIpc) is 3.17. The van der Waals surface area contributed by atoms with Crippen molar-refractivity contribution in [3.63, 3.8) is 0 Å². The van der Waals surface area contributed by atoms with E-state index < -0.39 is 13.9 Å². The lowest BCUT2D eigenvalue weighted by atomic mass is 10.0. The van der Waals surface area contributed by atoms with E-state index in [1.54, 1.807) is 0 Å². The number of phosphoric acid groups is 1. The van der Waals surface area contributed by atoms with Crippen LogP contribution in [0.5, 0.6) is 0 Å². The quantitative estimate of drug-likeness (QED) is 0.0355. The predicted octanol–water partition coefficient (Wildman–Crippen LogP) is 14.5. The number of rotatable bonds is 47. The molecule has 2 atom stereocenters. The van der Waals surface area contributed by atoms with Crippen molar-refractivity contribution in [3.05, 3.63) is 0 Å². The lowest BCUT2D eigenvalue weighted by molar-refractivity contribution is -0.154. The van der Waals surface area contributed by atoms with Gasteiger partial charge in [-0.15, -0.1) is 0 Å². The van der Waals surface area contributed by atoms with Gasteiger partial charge < -0.3 is 20.1 Å². The molecule has 0 spiro atoms. The van der Waals surface area contributed by atoms with Gasteiger partial charge in [-0.25, -0.2) is 4.57 Å². The zero-order valence-corrected chi connectivity index (χ0v) is 37.6. The van der Waals surface area contributed by atoms with Gasteiger partial charge in [-0.05, 0) is 12.8 Å². The summed E-state index contributed by atoms with van der Waals surface area (Å²) in [5.41, 5.74) is 5.38. The number of ether oxygens (including phenoxy) is 2. The number of nitrogens with two attached hydrogens (primary N) is 1. The normalized spacial score (nSPS) is 13.3. The van der Waals surface area contributed by atoms with Crippen LogP contribution in [0.25, 0.3) is 0 Å². The van der Waals surface area contributed by atoms with Crippen molar-refractivity contribution in [2.75, 3.05) is 33.0 Å². The minimum absolute atomic E-state index is 0.0898. The third-order valence-electron chi connectivity index (χ3n) is 10.8. The van der Waals surface area contributed by atoms with Crippen molar-refractivity contribution in [1.82, 2.24) is 0 Å². The lowest BCUT2D eigenvalue weighted by Crippen LogP contribution is -2.28. The smallest absolute Gasteiger partial charge is 0.457 e. The van der Waals surface area contributed by atoms with E-state index >= 15 is 0 Å². The van der Waals surface area contributed by atoms with Gasteiger partial charge in [-0.1, -0.05) is 232 Å². The van der Waals surface area contributed by atoms with E-state index in [1.165, 1.54) is 199 Å². The minimum atomic E-state index is -4.27. The first-order valence-corrected chi connectivity index (χ1v) is 25.5. The summed E-state index contributed by atoms with van der Waals surface area (Å²) in [7, 11) is -4.27. The Morgan fingerprint density at radius 3 is 1.15 bits per heavy atom. The SMILES string of the molecule is CCCCCCCCCCCCCCCCCCCCOCC(COP(=O)(O)OCCN)OC(=O)CCCCCCCCCCCCCCCCCCCC. The molecule has 2 unspecified atom stereocenters. The first-order chi connectivity index (χ1) is 26.9. The van der Waals surface area contributed by atoms with E-state index in [4.69, 9.17) is 24.3 Å². The Hall–Kier alpha value is -0.500. The molecule has 0 aliphatic rings. The van der Waals surface area contributed by atoms with Gasteiger partial charge in [0.15, 0.2) is 0 Å². The number of hydrogen-bond acceptors (Lipinski definition) is 7. The van der Waals surface area contributed by atoms with Crippen LogP contribution in [-0.4, -0.2) is 49.9 Å². The molecule has 0 saturated carbocycles. The zero-order chi connectivity index (χ0) is 40.2. The molecule has 0 amide bonds. The third-order valence-corrected chi connectivity index (χ3v) is 11.8. The van der Waals surface area contributed by atoms with Crippen molar-refractivity contribution < 1.29 is 32.8 Å². The van der Waals surface area contributed by atoms with Crippen LogP contribution in [0.15, 0.2) is 0 Å². The van der Waals surface area contributed by atoms with Crippen molar-refractivity contribution in [2.45, 2.75) is 258 Å². The second-order valence-electron chi connectivity index (χ2n) is 16.3. The summed E-state index contributed by atoms with van der Waals surface area (Å²) in [6.45, 7) is 5.00. The fourth-order valence-corrected chi connectivity index (χ4v) is 8.00. The summed E-state index contributed by atoms with van der Waals surface area (Å²) in [5.74, 6) is -0.322. The summed E-state index contributed by atoms with van der Waals surface area (Å²) in [6.07, 6.45) is 46.9. The highest BCUT2D eigenvalue weighted by atomic mass is 31.2. The van der Waals surface area contributed by atoms with E-state index in [0.717, 1.165) is 32.1 Å². The molecule has 0 heterocycles. The molecule has 0 aliphatic heterocycles. The maximum Gasteiger partial charge on any atom is 0.472 e. The molecule has 0 rings (SSSR count). The highest BCUT2D eigenvalue weighted by Crippen LogP contribution is 2.43. The second-order valence-corrected chi connectivity index (χ2v) is 17.8. The maximum atomic E-state index is 12.6. The Kier molecular flexibility index (Phi) is 44.2. The van der Waals surface area contributed by atoms with Crippen LogP contribution in [0.3, 0.4) is 0 Å². The molecule has 8 nitrogen and oxygen atoms in total. The molecular formula is C46H94NO7P. The van der Waals surface area contributed by atoms with Gasteiger partial charge in [0.05, 0.1) is 19.8 Å². The topological polar surface area (TPSA) is 117 Å². The second kappa shape index (κ2) is 44.6. The summed E-state index contributed by atoms with van der Waals surface area (Å²) in [4.78, 5) is 22.5. The Morgan fingerprint density at radius 1 is 0.473 bits per heavy atom. The Balaban J connectivity index is 3.92. The van der Waals surface area contributed by atoms with Crippen LogP contribution < -0.4 is 5.73 Å². The molecular weight excluding hydrogens is 709 g/mol. The fourth-order valence-electron chi connectivity index (χ4n) is 7.24. The summed E-state index contributed by atoms with van der Waals surface area (Å²) in [6, 6.07) is 0. The molecule has 0 aromatic carbocycles. The first kappa shape index (κ1) is 54.5. The largest absolute Gasteiger partial charge is 0.472 e. The Morgan fingerprint density at radius 2 is 0.800 bits per heavy atom. The molecule has 0 bridgehead atoms. The van der Waals surface area contributed by atoms with Crippen molar-refractivity contribution in [2.24, 2.45) is 5.73 Å². The van der Waals surface area contributed by atoms with Gasteiger partial charge in [0.25, 0.3) is 0 Å². The molecule has 0 saturated heterocycles. The van der Waals surface area contributed by atoms with Crippen LogP contribution in [0, 0.1) is 0 Å². The highest BCUT2D eigenvalue weighted by molar-refractivity contribution is 7.47. The number of phosphoric ester groups is 1. The summed E-state index contributed by atoms with van der Waals surface area (Å²) in [5, 5.41) is 0. The number of unbranched alkanes of at least 4 members (excludes halogenated alkanes) is 34. The molecule has 0 aromatic heterocycles. The fraction of sp³-hybridized carbons (Fsp3) is 0.978. The minimum Gasteiger partial charge on any atom is -0.457 e. The highest BCUT2D eigenvalue weighted by Gasteiger charge is 2.25. The van der Waals surface area contributed by atoms with Crippen molar-refractivity contribution >= 4 is 13.8 Å². The number of hydrogen-bond donors (Lipinski definition) is 2. The van der Waals surface area contributed by atoms with Gasteiger partial charge in [0.1, 0.15) is 6.10 Å². The summed E-state index contributed by atoms with van der Waals surface area (Å²) >= 11 is 0. The molecule has 9 heteroatoms. The van der Waals surface area contributed by atoms with Crippen LogP contribution in [0.1, 0.15) is 251 Å². The number of carbonyl (C=O) groups excluding carboxylic acids is 1. The Bertz CT molecular complexity index is 817. The maximum absolute atomic E-state index is 12.6. The molecule has 330 valence electrons. The van der Waals surface area contributed by atoms with E-state index in [1.807, 2.05) is 0 Å². The molecule has 3 N–H and O–H groups in total. The van der Waals surface area contributed by atoms with E-state index in [9.17, 15) is 14.3 Å². The van der Waals surface area contributed by atoms with E-state index in [0.29, 0.717) is 13.0 Å². The Labute approximate surface area is 341 Å². The first-order valence-electron chi connectivity index (χ1n) is 24.0. The van der Waals surface area contributed by atoms with Crippen LogP contribution in [-0.2, 0) is 27.9 Å². The standard InChI is InChI=1S/C46H94NO7P/c1-3-5-7-9-11-13-15-17-19-21-23-25-27-29-31-33-35-37-39-46(48)54-45(44-53-55(49,50)52-42-40-47)43-51-41-38-36-34-32-30-28-26-24-22-20-18-16-14-12-10-8-6-4-2/h45H,3-44,47H2,1-2H3,(H,49,50). The number of carbonyl (C=O) groups is 1. The summed E-state index contributed by atoms with van der Waals surface area (Å²) < 4.78 is 33.5. The predicted molar refractivity (Wildman–Crippen MR) is 234 cm³/mol. The lowest BCUT2D eigenvalue weighted by Gasteiger charge is -2.20. The van der Waals surface area contributed by atoms with Crippen LogP contribution in [0.4, 0.5) is 0 Å². The van der Waals surface area contributed by atoms with Crippen molar-refractivity contribution in [3.8, 4) is 0 Å². The van der Waals surface area contributed by atoms with E-state index in [-0.39, 0.29) is 32.3 Å². The van der Waals surface area contributed by atoms with Crippen LogP contribution in [0.2, 0.25) is 0 Å². The number of esters is 1. The average molecular weight is 804 g/mol. The van der Waals surface area contributed by atoms with Gasteiger partial charge in [-0.2, -0.15) is 0 Å². The van der Waals surface area contributed by atoms with Gasteiger partial charge >= 0.3 is 13.8 Å². The monoisotopic (exact) mass is 804 g/mol. The molecule has 0 aromatic rings. The molecule has 0 radical (unpaired) electrons. The molecule has 0 aliphatic carbocycles.